The number of hydrogen-bond donors (Lipinski definition) is 0. The Hall–Kier alpha value is -1.07. The molecule has 0 amide bonds. The summed E-state index contributed by atoms with van der Waals surface area (Å²) in [5, 5.41) is 0. The second-order valence-corrected chi connectivity index (χ2v) is 18.0. The molecule has 2 aromatic rings. The minimum atomic E-state index is -0.689. The molecule has 0 saturated carbocycles. The van der Waals surface area contributed by atoms with Crippen molar-refractivity contribution in [3.63, 3.8) is 0 Å². The molecule has 0 aliphatic heterocycles. The highest BCUT2D eigenvalue weighted by atomic mass is 31.2. The van der Waals surface area contributed by atoms with Crippen LogP contribution in [-0.4, -0.2) is 30.8 Å². The van der Waals surface area contributed by atoms with E-state index in [0.717, 1.165) is 0 Å². The van der Waals surface area contributed by atoms with Gasteiger partial charge in [0.1, 0.15) is 0 Å². The summed E-state index contributed by atoms with van der Waals surface area (Å²) in [6.45, 7) is 18.5. The van der Waals surface area contributed by atoms with E-state index in [-0.39, 0.29) is 0 Å². The molecule has 0 saturated heterocycles. The molecule has 40 heavy (non-hydrogen) atoms. The van der Waals surface area contributed by atoms with E-state index in [1.165, 1.54) is 125 Å². The molecule has 2 rings (SSSR count). The monoisotopic (exact) mass is 567 g/mol. The van der Waals surface area contributed by atoms with E-state index in [0.29, 0.717) is 0 Å². The summed E-state index contributed by atoms with van der Waals surface area (Å²) in [5.41, 5.74) is 5.93. The van der Waals surface area contributed by atoms with Gasteiger partial charge in [-0.3, -0.25) is 0 Å². The van der Waals surface area contributed by atoms with Crippen molar-refractivity contribution in [2.75, 3.05) is 24.6 Å². The molecule has 0 aliphatic carbocycles. The lowest BCUT2D eigenvalue weighted by Crippen LogP contribution is -2.58. The van der Waals surface area contributed by atoms with Gasteiger partial charge in [0.05, 0.1) is 30.8 Å². The second-order valence-electron chi connectivity index (χ2n) is 12.8. The van der Waals surface area contributed by atoms with Crippen molar-refractivity contribution >= 4 is 24.3 Å². The van der Waals surface area contributed by atoms with Crippen molar-refractivity contribution in [2.24, 2.45) is 0 Å². The average Bonchev–Trinajstić information content (AvgIpc) is 2.98. The van der Waals surface area contributed by atoms with Crippen molar-refractivity contribution in [3.8, 4) is 0 Å². The summed E-state index contributed by atoms with van der Waals surface area (Å²) in [6, 6.07) is 19.1. The third-order valence-electron chi connectivity index (χ3n) is 10.2. The van der Waals surface area contributed by atoms with E-state index < -0.39 is 13.4 Å². The maximum atomic E-state index is 2.45. The molecule has 0 nitrogen and oxygen atoms in total. The van der Waals surface area contributed by atoms with Crippen LogP contribution in [0.5, 0.6) is 0 Å². The molecule has 0 heterocycles. The van der Waals surface area contributed by atoms with Gasteiger partial charge in [-0.2, -0.15) is 12.6 Å². The Morgan fingerprint density at radius 2 is 0.725 bits per heavy atom. The second kappa shape index (κ2) is 21.6. The molecule has 0 radical (unpaired) electrons. The Morgan fingerprint density at radius 1 is 0.425 bits per heavy atom. The van der Waals surface area contributed by atoms with Crippen molar-refractivity contribution in [2.45, 2.75) is 145 Å². The van der Waals surface area contributed by atoms with E-state index >= 15 is 0 Å². The first-order valence-electron chi connectivity index (χ1n) is 17.5. The lowest BCUT2D eigenvalue weighted by Gasteiger charge is -2.43. The van der Waals surface area contributed by atoms with Crippen LogP contribution in [0.4, 0.5) is 0 Å². The van der Waals surface area contributed by atoms with Gasteiger partial charge in [0, 0.05) is 7.26 Å². The predicted octanol–water partition coefficient (Wildman–Crippen LogP) is 11.7. The Labute approximate surface area is 253 Å². The topological polar surface area (TPSA) is 0 Å². The van der Waals surface area contributed by atoms with Crippen molar-refractivity contribution in [1.29, 1.82) is 0 Å². The summed E-state index contributed by atoms with van der Waals surface area (Å²) in [7, 11) is -0.420. The molecule has 2 aromatic carbocycles. The van der Waals surface area contributed by atoms with E-state index in [2.05, 4.69) is 104 Å². The Balaban J connectivity index is 0.000000763. The summed E-state index contributed by atoms with van der Waals surface area (Å²) in [4.78, 5) is 0. The molecule has 228 valence electrons. The standard InChI is InChI=1S/C30H48B.C8H20P/c1-5-7-9-11-13-15-25-31(26-16-14-12-10-8-6-2,29-21-17-27(3)18-22-29)30-23-19-28(4)20-24-30;1-5-9(6-2,7-3)8-4/h17-24H,5-16,25-26H2,1-4H3;5-8H2,1-4H3/q-1;+1. The minimum absolute atomic E-state index is 0.420. The highest BCUT2D eigenvalue weighted by Crippen LogP contribution is 2.57. The minimum Gasteiger partial charge on any atom is -0.205 e. The third-order valence-corrected chi connectivity index (χ3v) is 15.6. The SMILES string of the molecule is CCCCCCCC[B-](CCCCCCCC)(c1ccc(C)cc1)c1ccc(C)cc1.CC[P+](CC)(CC)CC. The molecule has 0 aliphatic rings. The van der Waals surface area contributed by atoms with Gasteiger partial charge in [0.15, 0.2) is 0 Å². The molecule has 0 fully saturated rings. The van der Waals surface area contributed by atoms with Crippen LogP contribution in [0.25, 0.3) is 0 Å². The summed E-state index contributed by atoms with van der Waals surface area (Å²) >= 11 is 0. The van der Waals surface area contributed by atoms with Gasteiger partial charge in [-0.25, -0.2) is 10.9 Å². The van der Waals surface area contributed by atoms with Gasteiger partial charge < -0.3 is 0 Å². The van der Waals surface area contributed by atoms with Crippen molar-refractivity contribution < 1.29 is 0 Å². The molecule has 0 atom stereocenters. The number of aryl methyl sites for hydroxylation is 2. The van der Waals surface area contributed by atoms with Crippen LogP contribution in [0.15, 0.2) is 48.5 Å². The molecule has 2 heteroatoms. The van der Waals surface area contributed by atoms with Crippen LogP contribution < -0.4 is 10.9 Å². The van der Waals surface area contributed by atoms with Crippen LogP contribution in [0, 0.1) is 13.8 Å². The summed E-state index contributed by atoms with van der Waals surface area (Å²) < 4.78 is 0. The van der Waals surface area contributed by atoms with E-state index in [1.807, 2.05) is 0 Å². The Morgan fingerprint density at radius 3 is 1.00 bits per heavy atom. The van der Waals surface area contributed by atoms with E-state index in [1.54, 1.807) is 10.9 Å². The van der Waals surface area contributed by atoms with Crippen LogP contribution in [-0.2, 0) is 0 Å². The molecule has 0 bridgehead atoms. The first-order chi connectivity index (χ1) is 19.4. The lowest BCUT2D eigenvalue weighted by atomic mass is 9.15. The van der Waals surface area contributed by atoms with Gasteiger partial charge in [-0.1, -0.05) is 151 Å². The summed E-state index contributed by atoms with van der Waals surface area (Å²) in [6.07, 6.45) is 24.4. The quantitative estimate of drug-likeness (QED) is 0.0849. The third kappa shape index (κ3) is 12.8. The van der Waals surface area contributed by atoms with Gasteiger partial charge >= 0.3 is 0 Å². The molecule has 0 spiro atoms. The normalized spacial score (nSPS) is 11.8. The van der Waals surface area contributed by atoms with Crippen LogP contribution in [0.2, 0.25) is 12.6 Å². The van der Waals surface area contributed by atoms with Gasteiger partial charge in [0.2, 0.25) is 0 Å². The largest absolute Gasteiger partial charge is 0.205 e. The van der Waals surface area contributed by atoms with E-state index in [9.17, 15) is 0 Å². The van der Waals surface area contributed by atoms with Crippen LogP contribution in [0.3, 0.4) is 0 Å². The predicted molar refractivity (Wildman–Crippen MR) is 193 cm³/mol. The number of unbranched alkanes of at least 4 members (excludes halogenated alkanes) is 10. The molecule has 0 aromatic heterocycles. The first kappa shape index (κ1) is 37.0. The smallest absolute Gasteiger partial charge is 0.0565 e. The van der Waals surface area contributed by atoms with Crippen LogP contribution in [0.1, 0.15) is 130 Å². The van der Waals surface area contributed by atoms with Crippen molar-refractivity contribution in [3.05, 3.63) is 59.7 Å². The lowest BCUT2D eigenvalue weighted by molar-refractivity contribution is 0.616. The average molecular weight is 567 g/mol. The fourth-order valence-corrected chi connectivity index (χ4v) is 9.44. The van der Waals surface area contributed by atoms with Gasteiger partial charge in [-0.05, 0) is 41.5 Å². The zero-order valence-electron chi connectivity index (χ0n) is 28.4. The molecule has 0 N–H and O–H groups in total. The number of hydrogen-bond acceptors (Lipinski definition) is 0. The maximum absolute atomic E-state index is 2.45. The zero-order chi connectivity index (χ0) is 29.7. The number of benzene rings is 2. The molecule has 0 unspecified atom stereocenters. The molecular weight excluding hydrogens is 498 g/mol. The first-order valence-corrected chi connectivity index (χ1v) is 20.1. The fourth-order valence-electron chi connectivity index (χ4n) is 6.76. The van der Waals surface area contributed by atoms with Crippen LogP contribution >= 0.6 is 7.26 Å². The van der Waals surface area contributed by atoms with Gasteiger partial charge in [0.25, 0.3) is 0 Å². The number of rotatable bonds is 20. The highest BCUT2D eigenvalue weighted by molar-refractivity contribution is 7.75. The Bertz CT molecular complexity index is 769. The highest BCUT2D eigenvalue weighted by Gasteiger charge is 2.28. The zero-order valence-corrected chi connectivity index (χ0v) is 29.3. The fraction of sp³-hybridized carbons (Fsp3) is 0.684. The maximum Gasteiger partial charge on any atom is 0.0565 e. The van der Waals surface area contributed by atoms with E-state index in [4.69, 9.17) is 0 Å². The van der Waals surface area contributed by atoms with Gasteiger partial charge in [-0.15, -0.1) is 0 Å². The summed E-state index contributed by atoms with van der Waals surface area (Å²) in [5.74, 6) is 0. The Kier molecular flexibility index (Phi) is 20.0. The molecular formula is C38H68BP. The van der Waals surface area contributed by atoms with Crippen molar-refractivity contribution in [1.82, 2.24) is 0 Å².